The van der Waals surface area contributed by atoms with Gasteiger partial charge < -0.3 is 48.1 Å². The van der Waals surface area contributed by atoms with Crippen LogP contribution in [-0.4, -0.2) is 153 Å². The molecule has 0 unspecified atom stereocenters. The zero-order valence-electron chi connectivity index (χ0n) is 42.1. The van der Waals surface area contributed by atoms with E-state index in [0.717, 1.165) is 58.5 Å². The van der Waals surface area contributed by atoms with Gasteiger partial charge >= 0.3 is 5.97 Å². The molecule has 16 nitrogen and oxygen atoms in total. The lowest BCUT2D eigenvalue weighted by Gasteiger charge is -2.35. The number of piperazine rings is 1. The van der Waals surface area contributed by atoms with Gasteiger partial charge in [-0.3, -0.25) is 4.90 Å². The number of piperidine rings is 1. The number of anilines is 1. The van der Waals surface area contributed by atoms with Crippen LogP contribution in [0.5, 0.6) is 23.1 Å². The quantitative estimate of drug-likeness (QED) is 0.0860. The normalized spacial score (nSPS) is 18.0. The van der Waals surface area contributed by atoms with Crippen LogP contribution in [0, 0.1) is 25.6 Å². The standard InChI is InChI=1S/C54H62Cl2FN7O9S/c1-33-44-34(2)48(56)49(47(33)55)72-41(29-63-20-18-62(3)19-21-63)31-70-40-9-10-42(71-30-39-11-15-58-54(61-39)64-16-12-35(13-17-64)14-22-68-25-26-69-24-23-67-4)37(27-40)28-43(53(65)66)73-51-46-45(44)50(74-52(46)60-32-59-51)36-5-7-38(57)8-6-36/h5-11,15,27,32,35,41,43H,12-14,16-26,28-31H2,1-4H3,(H,65,66)/t41-,43-/m1/s1. The van der Waals surface area contributed by atoms with Gasteiger partial charge in [-0.1, -0.05) is 35.3 Å². The van der Waals surface area contributed by atoms with Gasteiger partial charge in [-0.05, 0) is 105 Å². The summed E-state index contributed by atoms with van der Waals surface area (Å²) in [5.74, 6) is 0.789. The van der Waals surface area contributed by atoms with Gasteiger partial charge in [0.05, 0.1) is 47.6 Å². The monoisotopic (exact) mass is 1070 g/mol. The number of fused-ring (bicyclic) bond motifs is 7. The molecule has 2 fully saturated rings. The van der Waals surface area contributed by atoms with Crippen molar-refractivity contribution >= 4 is 56.7 Å². The number of nitrogens with zero attached hydrogens (tertiary/aromatic N) is 7. The number of carboxylic acids is 1. The molecule has 2 saturated heterocycles. The molecule has 4 aliphatic heterocycles. The van der Waals surface area contributed by atoms with Crippen molar-refractivity contribution in [1.29, 1.82) is 0 Å². The number of aromatic nitrogens is 4. The van der Waals surface area contributed by atoms with Gasteiger partial charge in [0.2, 0.25) is 17.9 Å². The number of aliphatic carboxylic acids is 1. The van der Waals surface area contributed by atoms with Crippen molar-refractivity contribution in [3.8, 4) is 44.7 Å². The molecule has 4 aliphatic rings. The maximum absolute atomic E-state index is 14.4. The predicted octanol–water partition coefficient (Wildman–Crippen LogP) is 9.21. The third-order valence-electron chi connectivity index (χ3n) is 13.8. The third-order valence-corrected chi connectivity index (χ3v) is 15.9. The van der Waals surface area contributed by atoms with Gasteiger partial charge in [0.15, 0.2) is 5.75 Å². The van der Waals surface area contributed by atoms with Crippen molar-refractivity contribution in [3.63, 3.8) is 0 Å². The first-order valence-electron chi connectivity index (χ1n) is 25.0. The fourth-order valence-corrected chi connectivity index (χ4v) is 11.3. The van der Waals surface area contributed by atoms with E-state index in [9.17, 15) is 14.3 Å². The average Bonchev–Trinajstić information content (AvgIpc) is 3.79. The van der Waals surface area contributed by atoms with Gasteiger partial charge in [-0.25, -0.2) is 29.1 Å². The molecule has 74 heavy (non-hydrogen) atoms. The molecule has 4 bridgehead atoms. The van der Waals surface area contributed by atoms with E-state index in [1.165, 1.54) is 29.8 Å². The molecule has 0 saturated carbocycles. The van der Waals surface area contributed by atoms with E-state index in [1.54, 1.807) is 43.6 Å². The first-order valence-corrected chi connectivity index (χ1v) is 26.6. The minimum atomic E-state index is -1.46. The number of likely N-dealkylation sites (N-methyl/N-ethyl adjacent to an activating group) is 1. The number of carbonyl (C=O) groups is 1. The molecule has 0 aliphatic carbocycles. The Morgan fingerprint density at radius 2 is 1.61 bits per heavy atom. The molecule has 20 heteroatoms. The Morgan fingerprint density at radius 1 is 0.878 bits per heavy atom. The van der Waals surface area contributed by atoms with Crippen LogP contribution >= 0.6 is 34.5 Å². The number of benzene rings is 3. The van der Waals surface area contributed by atoms with Crippen LogP contribution < -0.4 is 23.8 Å². The molecule has 0 spiro atoms. The molecule has 1 N–H and O–H groups in total. The van der Waals surface area contributed by atoms with Crippen LogP contribution in [-0.2, 0) is 32.0 Å². The van der Waals surface area contributed by atoms with Crippen LogP contribution in [0.25, 0.3) is 31.8 Å². The van der Waals surface area contributed by atoms with Gasteiger partial charge in [0.25, 0.3) is 0 Å². The van der Waals surface area contributed by atoms with Crippen molar-refractivity contribution in [2.45, 2.75) is 58.3 Å². The van der Waals surface area contributed by atoms with Crippen molar-refractivity contribution in [2.75, 3.05) is 105 Å². The Labute approximate surface area is 444 Å². The minimum absolute atomic E-state index is 0.0326. The van der Waals surface area contributed by atoms with E-state index >= 15 is 0 Å². The fraction of sp³-hybridized carbons (Fsp3) is 0.463. The molecular weight excluding hydrogens is 1010 g/mol. The highest BCUT2D eigenvalue weighted by atomic mass is 35.5. The molecule has 2 atom stereocenters. The van der Waals surface area contributed by atoms with Crippen molar-refractivity contribution in [1.82, 2.24) is 29.7 Å². The summed E-state index contributed by atoms with van der Waals surface area (Å²) in [5, 5.41) is 12.0. The maximum atomic E-state index is 14.4. The summed E-state index contributed by atoms with van der Waals surface area (Å²) in [6.45, 7) is 12.5. The van der Waals surface area contributed by atoms with Gasteiger partial charge in [0, 0.05) is 88.2 Å². The number of halogens is 3. The molecule has 7 heterocycles. The number of methoxy groups -OCH3 is 1. The van der Waals surface area contributed by atoms with Gasteiger partial charge in [0.1, 0.15) is 47.8 Å². The highest BCUT2D eigenvalue weighted by molar-refractivity contribution is 7.22. The largest absolute Gasteiger partial charge is 0.490 e. The Balaban J connectivity index is 1.02. The molecule has 3 aromatic heterocycles. The summed E-state index contributed by atoms with van der Waals surface area (Å²) < 4.78 is 57.2. The van der Waals surface area contributed by atoms with Crippen molar-refractivity contribution in [2.24, 2.45) is 5.92 Å². The van der Waals surface area contributed by atoms with Crippen LogP contribution in [0.4, 0.5) is 10.3 Å². The Hall–Kier alpha value is -5.44. The van der Waals surface area contributed by atoms with E-state index < -0.39 is 24.0 Å². The summed E-state index contributed by atoms with van der Waals surface area (Å²) in [5.41, 5.74) is 4.46. The van der Waals surface area contributed by atoms with Crippen LogP contribution in [0.2, 0.25) is 10.0 Å². The number of rotatable bonds is 17. The zero-order chi connectivity index (χ0) is 51.7. The van der Waals surface area contributed by atoms with E-state index in [-0.39, 0.29) is 25.5 Å². The topological polar surface area (TPSA) is 163 Å². The highest BCUT2D eigenvalue weighted by Gasteiger charge is 2.32. The molecular formula is C54H62Cl2FN7O9S. The summed E-state index contributed by atoms with van der Waals surface area (Å²) in [6.07, 6.45) is 3.93. The van der Waals surface area contributed by atoms with Crippen molar-refractivity contribution in [3.05, 3.63) is 99.3 Å². The van der Waals surface area contributed by atoms with E-state index in [2.05, 4.69) is 36.7 Å². The smallest absolute Gasteiger partial charge is 0.345 e. The summed E-state index contributed by atoms with van der Waals surface area (Å²) in [7, 11) is 3.76. The molecule has 10 rings (SSSR count). The lowest BCUT2D eigenvalue weighted by Crippen LogP contribution is -2.49. The lowest BCUT2D eigenvalue weighted by atomic mass is 9.92. The number of carboxylic acid groups (broad SMARTS) is 1. The van der Waals surface area contributed by atoms with Gasteiger partial charge in [-0.15, -0.1) is 11.3 Å². The number of ether oxygens (including phenoxy) is 7. The number of hydrogen-bond donors (Lipinski definition) is 1. The third kappa shape index (κ3) is 12.8. The highest BCUT2D eigenvalue weighted by Crippen LogP contribution is 2.53. The molecule has 3 aromatic carbocycles. The lowest BCUT2D eigenvalue weighted by molar-refractivity contribution is -0.145. The number of thiophene rings is 1. The van der Waals surface area contributed by atoms with Crippen molar-refractivity contribution < 1.29 is 47.4 Å². The fourth-order valence-electron chi connectivity index (χ4n) is 9.62. The maximum Gasteiger partial charge on any atom is 0.345 e. The Kier molecular flexibility index (Phi) is 18.0. The molecule has 6 aromatic rings. The summed E-state index contributed by atoms with van der Waals surface area (Å²) in [6, 6.07) is 13.3. The second-order valence-corrected chi connectivity index (χ2v) is 20.7. The average molecular weight is 1080 g/mol. The minimum Gasteiger partial charge on any atom is -0.490 e. The first kappa shape index (κ1) is 53.4. The van der Waals surface area contributed by atoms with E-state index in [0.29, 0.717) is 133 Å². The van der Waals surface area contributed by atoms with Crippen LogP contribution in [0.1, 0.15) is 41.6 Å². The van der Waals surface area contributed by atoms with E-state index in [1.807, 2.05) is 19.9 Å². The summed E-state index contributed by atoms with van der Waals surface area (Å²) >= 11 is 16.0. The zero-order valence-corrected chi connectivity index (χ0v) is 44.4. The Bertz CT molecular complexity index is 2860. The second kappa shape index (κ2) is 24.9. The SMILES string of the molecule is COCCOCCOCCC1CCN(c2nccc(COc3ccc4cc3C[C@H](C(=O)O)Oc3ncnc5sc(-c6ccc(F)cc6)c(c35)-c3c(C)c(Cl)c(c(Cl)c3C)O[C@H](CN3CCN(C)CC3)CO4)n2)CC1. The predicted molar refractivity (Wildman–Crippen MR) is 283 cm³/mol. The molecule has 0 amide bonds. The molecule has 0 radical (unpaired) electrons. The van der Waals surface area contributed by atoms with Gasteiger partial charge in [-0.2, -0.15) is 0 Å². The summed E-state index contributed by atoms with van der Waals surface area (Å²) in [4.78, 5) is 40.2. The first-order chi connectivity index (χ1) is 35.9. The Morgan fingerprint density at radius 3 is 2.34 bits per heavy atom. The van der Waals surface area contributed by atoms with Crippen LogP contribution in [0.15, 0.2) is 61.1 Å². The van der Waals surface area contributed by atoms with E-state index in [4.69, 9.17) is 61.3 Å². The van der Waals surface area contributed by atoms with Crippen LogP contribution in [0.3, 0.4) is 0 Å². The second-order valence-electron chi connectivity index (χ2n) is 18.9. The number of hydrogen-bond acceptors (Lipinski definition) is 16. The molecule has 394 valence electrons.